The smallest absolute Gasteiger partial charge is 0.240 e. The van der Waals surface area contributed by atoms with Gasteiger partial charge in [0.05, 0.1) is 12.6 Å². The van der Waals surface area contributed by atoms with Gasteiger partial charge in [-0.15, -0.1) is 0 Å². The zero-order valence-corrected chi connectivity index (χ0v) is 16.2. The van der Waals surface area contributed by atoms with Crippen LogP contribution in [-0.2, 0) is 22.6 Å². The summed E-state index contributed by atoms with van der Waals surface area (Å²) in [5.41, 5.74) is 2.46. The van der Waals surface area contributed by atoms with Crippen molar-refractivity contribution in [3.8, 4) is 0 Å². The average molecular weight is 357 g/mol. The lowest BCUT2D eigenvalue weighted by atomic mass is 9.93. The standard InChI is InChI=1S/C21H31N3O2/c1-15(2)16(3)22-20(25)14-24-13-18-9-5-4-8-17(18)12-19(24)21(26)23-10-6-7-11-23/h4-5,8-9,15-16,19H,6-7,10-14H2,1-3H3,(H,22,25)/t16-,19-/m0/s1. The van der Waals surface area contributed by atoms with Crippen molar-refractivity contribution in [2.45, 2.75) is 58.7 Å². The molecule has 0 aromatic heterocycles. The highest BCUT2D eigenvalue weighted by Crippen LogP contribution is 2.25. The Morgan fingerprint density at radius 1 is 1.12 bits per heavy atom. The van der Waals surface area contributed by atoms with Gasteiger partial charge in [-0.3, -0.25) is 14.5 Å². The van der Waals surface area contributed by atoms with E-state index in [1.54, 1.807) is 0 Å². The lowest BCUT2D eigenvalue weighted by Gasteiger charge is -2.37. The quantitative estimate of drug-likeness (QED) is 0.879. The highest BCUT2D eigenvalue weighted by molar-refractivity contribution is 5.84. The molecule has 0 saturated carbocycles. The zero-order valence-electron chi connectivity index (χ0n) is 16.2. The second-order valence-corrected chi connectivity index (χ2v) is 8.03. The molecule has 3 rings (SSSR count). The molecule has 0 radical (unpaired) electrons. The van der Waals surface area contributed by atoms with Crippen LogP contribution in [0.15, 0.2) is 24.3 Å². The molecular formula is C21H31N3O2. The highest BCUT2D eigenvalue weighted by atomic mass is 16.2. The van der Waals surface area contributed by atoms with Crippen molar-refractivity contribution in [2.75, 3.05) is 19.6 Å². The molecule has 0 aliphatic carbocycles. The van der Waals surface area contributed by atoms with Gasteiger partial charge in [0.2, 0.25) is 11.8 Å². The first-order valence-electron chi connectivity index (χ1n) is 9.84. The fourth-order valence-corrected chi connectivity index (χ4v) is 3.79. The molecule has 1 N–H and O–H groups in total. The summed E-state index contributed by atoms with van der Waals surface area (Å²) in [6, 6.07) is 8.17. The minimum Gasteiger partial charge on any atom is -0.352 e. The third-order valence-corrected chi connectivity index (χ3v) is 5.78. The van der Waals surface area contributed by atoms with E-state index in [1.807, 2.05) is 24.0 Å². The molecule has 1 aromatic carbocycles. The van der Waals surface area contributed by atoms with Crippen LogP contribution in [0.2, 0.25) is 0 Å². The SMILES string of the molecule is CC(C)[C@H](C)NC(=O)CN1Cc2ccccc2C[C@H]1C(=O)N1CCCC1. The molecule has 142 valence electrons. The second-order valence-electron chi connectivity index (χ2n) is 8.03. The number of carbonyl (C=O) groups is 2. The van der Waals surface area contributed by atoms with Gasteiger partial charge in [0.25, 0.3) is 0 Å². The van der Waals surface area contributed by atoms with Gasteiger partial charge in [-0.05, 0) is 43.2 Å². The van der Waals surface area contributed by atoms with Crippen molar-refractivity contribution < 1.29 is 9.59 Å². The summed E-state index contributed by atoms with van der Waals surface area (Å²) in [4.78, 5) is 29.7. The first-order valence-corrected chi connectivity index (χ1v) is 9.84. The number of fused-ring (bicyclic) bond motifs is 1. The van der Waals surface area contributed by atoms with Crippen LogP contribution in [0.3, 0.4) is 0 Å². The van der Waals surface area contributed by atoms with Crippen LogP contribution < -0.4 is 5.32 Å². The largest absolute Gasteiger partial charge is 0.352 e. The molecule has 0 unspecified atom stereocenters. The van der Waals surface area contributed by atoms with Crippen molar-refractivity contribution >= 4 is 11.8 Å². The monoisotopic (exact) mass is 357 g/mol. The topological polar surface area (TPSA) is 52.7 Å². The van der Waals surface area contributed by atoms with Crippen molar-refractivity contribution in [1.29, 1.82) is 0 Å². The van der Waals surface area contributed by atoms with E-state index in [-0.39, 0.29) is 30.4 Å². The van der Waals surface area contributed by atoms with Gasteiger partial charge in [-0.2, -0.15) is 0 Å². The van der Waals surface area contributed by atoms with E-state index in [9.17, 15) is 9.59 Å². The Kier molecular flexibility index (Phi) is 5.97. The molecule has 2 atom stereocenters. The predicted molar refractivity (Wildman–Crippen MR) is 103 cm³/mol. The number of likely N-dealkylation sites (tertiary alicyclic amines) is 1. The summed E-state index contributed by atoms with van der Waals surface area (Å²) >= 11 is 0. The predicted octanol–water partition coefficient (Wildman–Crippen LogP) is 2.20. The summed E-state index contributed by atoms with van der Waals surface area (Å²) in [5.74, 6) is 0.578. The van der Waals surface area contributed by atoms with Crippen LogP contribution in [0.1, 0.15) is 44.7 Å². The van der Waals surface area contributed by atoms with Crippen LogP contribution in [-0.4, -0.2) is 53.3 Å². The summed E-state index contributed by atoms with van der Waals surface area (Å²) < 4.78 is 0. The summed E-state index contributed by atoms with van der Waals surface area (Å²) in [5, 5.41) is 3.07. The van der Waals surface area contributed by atoms with Crippen LogP contribution in [0.25, 0.3) is 0 Å². The third-order valence-electron chi connectivity index (χ3n) is 5.78. The Morgan fingerprint density at radius 2 is 1.77 bits per heavy atom. The number of rotatable bonds is 5. The summed E-state index contributed by atoms with van der Waals surface area (Å²) in [6.07, 6.45) is 2.86. The third kappa shape index (κ3) is 4.26. The van der Waals surface area contributed by atoms with Crippen LogP contribution in [0.5, 0.6) is 0 Å². The van der Waals surface area contributed by atoms with Crippen LogP contribution >= 0.6 is 0 Å². The first-order chi connectivity index (χ1) is 12.5. The summed E-state index contributed by atoms with van der Waals surface area (Å²) in [7, 11) is 0. The Bertz CT molecular complexity index is 652. The van der Waals surface area contributed by atoms with Gasteiger partial charge >= 0.3 is 0 Å². The van der Waals surface area contributed by atoms with E-state index in [4.69, 9.17) is 0 Å². The average Bonchev–Trinajstić information content (AvgIpc) is 3.15. The molecule has 1 fully saturated rings. The van der Waals surface area contributed by atoms with Crippen molar-refractivity contribution in [3.05, 3.63) is 35.4 Å². The Balaban J connectivity index is 1.75. The maximum atomic E-state index is 13.1. The molecule has 2 aliphatic rings. The number of benzene rings is 1. The molecule has 5 heteroatoms. The summed E-state index contributed by atoms with van der Waals surface area (Å²) in [6.45, 7) is 8.85. The number of amides is 2. The number of nitrogens with zero attached hydrogens (tertiary/aromatic N) is 2. The van der Waals surface area contributed by atoms with Crippen molar-refractivity contribution in [2.24, 2.45) is 5.92 Å². The Morgan fingerprint density at radius 3 is 2.42 bits per heavy atom. The van der Waals surface area contributed by atoms with E-state index in [0.717, 1.165) is 25.9 Å². The fourth-order valence-electron chi connectivity index (χ4n) is 3.79. The molecule has 2 aliphatic heterocycles. The number of carbonyl (C=O) groups excluding carboxylic acids is 2. The maximum Gasteiger partial charge on any atom is 0.240 e. The zero-order chi connectivity index (χ0) is 18.7. The lowest BCUT2D eigenvalue weighted by Crippen LogP contribution is -2.54. The van der Waals surface area contributed by atoms with E-state index in [1.165, 1.54) is 11.1 Å². The second kappa shape index (κ2) is 8.21. The molecule has 0 bridgehead atoms. The van der Waals surface area contributed by atoms with E-state index in [2.05, 4.69) is 36.2 Å². The normalized spacial score (nSPS) is 21.5. The van der Waals surface area contributed by atoms with Gasteiger partial charge in [0, 0.05) is 25.7 Å². The maximum absolute atomic E-state index is 13.1. The minimum atomic E-state index is -0.233. The van der Waals surface area contributed by atoms with E-state index >= 15 is 0 Å². The molecule has 2 amide bonds. The molecule has 2 heterocycles. The molecule has 1 aromatic rings. The fraction of sp³-hybridized carbons (Fsp3) is 0.619. The number of hydrogen-bond donors (Lipinski definition) is 1. The van der Waals surface area contributed by atoms with Crippen LogP contribution in [0.4, 0.5) is 0 Å². The Labute approximate surface area is 156 Å². The Hall–Kier alpha value is -1.88. The van der Waals surface area contributed by atoms with Crippen molar-refractivity contribution in [3.63, 3.8) is 0 Å². The van der Waals surface area contributed by atoms with Crippen molar-refractivity contribution in [1.82, 2.24) is 15.1 Å². The van der Waals surface area contributed by atoms with Gasteiger partial charge in [0.1, 0.15) is 0 Å². The van der Waals surface area contributed by atoms with E-state index < -0.39 is 0 Å². The molecule has 0 spiro atoms. The van der Waals surface area contributed by atoms with Gasteiger partial charge in [-0.25, -0.2) is 0 Å². The first kappa shape index (κ1) is 18.9. The van der Waals surface area contributed by atoms with Crippen LogP contribution in [0, 0.1) is 5.92 Å². The molecule has 1 saturated heterocycles. The van der Waals surface area contributed by atoms with Gasteiger partial charge < -0.3 is 10.2 Å². The molecular weight excluding hydrogens is 326 g/mol. The molecule has 26 heavy (non-hydrogen) atoms. The number of hydrogen-bond acceptors (Lipinski definition) is 3. The number of nitrogens with one attached hydrogen (secondary N) is 1. The van der Waals surface area contributed by atoms with E-state index in [0.29, 0.717) is 18.9 Å². The van der Waals surface area contributed by atoms with Gasteiger partial charge in [0.15, 0.2) is 0 Å². The van der Waals surface area contributed by atoms with Gasteiger partial charge in [-0.1, -0.05) is 38.1 Å². The lowest BCUT2D eigenvalue weighted by molar-refractivity contribution is -0.137. The minimum absolute atomic E-state index is 0.00445. The highest BCUT2D eigenvalue weighted by Gasteiger charge is 2.35. The molecule has 5 nitrogen and oxygen atoms in total.